The topological polar surface area (TPSA) is 58.9 Å². The van der Waals surface area contributed by atoms with Gasteiger partial charge >= 0.3 is 0 Å². The summed E-state index contributed by atoms with van der Waals surface area (Å²) in [4.78, 5) is 0. The van der Waals surface area contributed by atoms with Crippen molar-refractivity contribution >= 4 is 22.3 Å². The molecule has 0 bridgehead atoms. The van der Waals surface area contributed by atoms with Gasteiger partial charge < -0.3 is 19.7 Å². The number of aromatic hydroxyl groups is 2. The van der Waals surface area contributed by atoms with Gasteiger partial charge in [-0.2, -0.15) is 0 Å². The van der Waals surface area contributed by atoms with Crippen molar-refractivity contribution in [3.8, 4) is 23.0 Å². The maximum absolute atomic E-state index is 10.1. The van der Waals surface area contributed by atoms with E-state index in [1.807, 2.05) is 24.3 Å². The molecule has 0 saturated carbocycles. The van der Waals surface area contributed by atoms with Crippen LogP contribution in [0, 0.1) is 0 Å². The molecule has 4 aromatic carbocycles. The Bertz CT molecular complexity index is 1430. The van der Waals surface area contributed by atoms with Gasteiger partial charge in [0.2, 0.25) is 0 Å². The molecule has 0 spiro atoms. The number of ether oxygens (including phenoxy) is 2. The Morgan fingerprint density at radius 1 is 0.386 bits per heavy atom. The second-order valence-corrected chi connectivity index (χ2v) is 11.5. The highest BCUT2D eigenvalue weighted by molar-refractivity contribution is 6.43. The van der Waals surface area contributed by atoms with Crippen molar-refractivity contribution in [2.75, 3.05) is 13.2 Å². The van der Waals surface area contributed by atoms with Gasteiger partial charge in [0.1, 0.15) is 23.0 Å². The summed E-state index contributed by atoms with van der Waals surface area (Å²) in [6.45, 7) is 5.89. The molecule has 228 valence electrons. The number of allylic oxidation sites excluding steroid dienone is 4. The molecule has 0 amide bonds. The molecule has 0 atom stereocenters. The largest absolute Gasteiger partial charge is 0.508 e. The number of unbranched alkanes of at least 4 members (excludes halogenated alkanes) is 6. The summed E-state index contributed by atoms with van der Waals surface area (Å²) in [7, 11) is 0. The van der Waals surface area contributed by atoms with Crippen LogP contribution in [0.4, 0.5) is 0 Å². The van der Waals surface area contributed by atoms with Crippen LogP contribution in [-0.4, -0.2) is 23.4 Å². The first-order chi connectivity index (χ1) is 21.6. The highest BCUT2D eigenvalue weighted by Gasteiger charge is 2.33. The lowest BCUT2D eigenvalue weighted by Crippen LogP contribution is -2.10. The maximum Gasteiger partial charge on any atom is 0.119 e. The molecular weight excluding hydrogens is 544 g/mol. The molecular formula is C40H44O4. The van der Waals surface area contributed by atoms with Crippen molar-refractivity contribution in [3.05, 3.63) is 119 Å². The van der Waals surface area contributed by atoms with E-state index in [0.29, 0.717) is 0 Å². The summed E-state index contributed by atoms with van der Waals surface area (Å²) in [5.74, 6) is 2.22. The fraction of sp³-hybridized carbons (Fsp3) is 0.300. The predicted octanol–water partition coefficient (Wildman–Crippen LogP) is 10.6. The number of rotatable bonds is 16. The van der Waals surface area contributed by atoms with Crippen LogP contribution in [0.15, 0.2) is 97.1 Å². The highest BCUT2D eigenvalue weighted by atomic mass is 16.5. The molecule has 5 rings (SSSR count). The van der Waals surface area contributed by atoms with E-state index in [1.165, 1.54) is 38.5 Å². The maximum atomic E-state index is 10.1. The Kier molecular flexibility index (Phi) is 10.8. The third-order valence-electron chi connectivity index (χ3n) is 8.13. The number of phenols is 2. The SMILES string of the molecule is CCCCCCOc1ccc(C2=C(c3ccc(OCCCCCC)cc3)C(c3ccc(O)cc3)=C2c2ccc(O)cc2)cc1. The Morgan fingerprint density at radius 3 is 0.977 bits per heavy atom. The monoisotopic (exact) mass is 588 g/mol. The van der Waals surface area contributed by atoms with E-state index in [1.54, 1.807) is 24.3 Å². The van der Waals surface area contributed by atoms with Crippen molar-refractivity contribution in [1.82, 2.24) is 0 Å². The first kappa shape index (κ1) is 31.0. The molecule has 0 saturated heterocycles. The average molecular weight is 589 g/mol. The Balaban J connectivity index is 1.51. The summed E-state index contributed by atoms with van der Waals surface area (Å²) in [6.07, 6.45) is 9.40. The Hall–Kier alpha value is -4.44. The van der Waals surface area contributed by atoms with Gasteiger partial charge in [-0.1, -0.05) is 101 Å². The zero-order valence-electron chi connectivity index (χ0n) is 26.0. The predicted molar refractivity (Wildman–Crippen MR) is 182 cm³/mol. The van der Waals surface area contributed by atoms with Crippen molar-refractivity contribution in [3.63, 3.8) is 0 Å². The number of hydrogen-bond donors (Lipinski definition) is 2. The minimum absolute atomic E-state index is 0.233. The van der Waals surface area contributed by atoms with Crippen molar-refractivity contribution < 1.29 is 19.7 Å². The smallest absolute Gasteiger partial charge is 0.119 e. The van der Waals surface area contributed by atoms with Gasteiger partial charge in [-0.05, 0) is 106 Å². The van der Waals surface area contributed by atoms with Crippen LogP contribution in [-0.2, 0) is 0 Å². The first-order valence-electron chi connectivity index (χ1n) is 16.1. The lowest BCUT2D eigenvalue weighted by atomic mass is 9.69. The molecule has 1 aliphatic carbocycles. The minimum atomic E-state index is 0.233. The van der Waals surface area contributed by atoms with Gasteiger partial charge in [-0.25, -0.2) is 0 Å². The molecule has 4 nitrogen and oxygen atoms in total. The van der Waals surface area contributed by atoms with E-state index >= 15 is 0 Å². The fourth-order valence-corrected chi connectivity index (χ4v) is 5.72. The molecule has 0 fully saturated rings. The molecule has 4 heteroatoms. The quantitative estimate of drug-likeness (QED) is 0.128. The molecule has 0 aromatic heterocycles. The fourth-order valence-electron chi connectivity index (χ4n) is 5.72. The Morgan fingerprint density at radius 2 is 0.682 bits per heavy atom. The highest BCUT2D eigenvalue weighted by Crippen LogP contribution is 2.56. The summed E-state index contributed by atoms with van der Waals surface area (Å²) in [5, 5.41) is 20.1. The lowest BCUT2D eigenvalue weighted by molar-refractivity contribution is 0.305. The van der Waals surface area contributed by atoms with E-state index in [2.05, 4.69) is 62.4 Å². The van der Waals surface area contributed by atoms with Crippen LogP contribution in [0.5, 0.6) is 23.0 Å². The van der Waals surface area contributed by atoms with Crippen molar-refractivity contribution in [2.45, 2.75) is 65.2 Å². The van der Waals surface area contributed by atoms with Gasteiger partial charge in [0.05, 0.1) is 13.2 Å². The zero-order valence-corrected chi connectivity index (χ0v) is 26.0. The van der Waals surface area contributed by atoms with Crippen LogP contribution in [0.3, 0.4) is 0 Å². The van der Waals surface area contributed by atoms with Gasteiger partial charge in [-0.3, -0.25) is 0 Å². The van der Waals surface area contributed by atoms with Gasteiger partial charge in [0, 0.05) is 0 Å². The van der Waals surface area contributed by atoms with Gasteiger partial charge in [-0.15, -0.1) is 0 Å². The molecule has 4 aromatic rings. The summed E-state index contributed by atoms with van der Waals surface area (Å²) in [6, 6.07) is 31.6. The molecule has 0 radical (unpaired) electrons. The molecule has 1 aliphatic rings. The summed E-state index contributed by atoms with van der Waals surface area (Å²) < 4.78 is 12.1. The van der Waals surface area contributed by atoms with E-state index in [9.17, 15) is 10.2 Å². The first-order valence-corrected chi connectivity index (χ1v) is 16.1. The van der Waals surface area contributed by atoms with E-state index < -0.39 is 0 Å². The minimum Gasteiger partial charge on any atom is -0.508 e. The average Bonchev–Trinajstić information content (AvgIpc) is 3.04. The molecule has 0 unspecified atom stereocenters. The third-order valence-corrected chi connectivity index (χ3v) is 8.13. The standard InChI is InChI=1S/C40H44O4/c1-3-5-7-9-27-43-35-23-15-31(16-24-35)39-37(29-11-19-33(41)20-12-29)38(30-13-21-34(42)22-14-30)40(39)32-17-25-36(26-18-32)44-28-10-8-6-4-2/h11-26,41-42H,3-10,27-28H2,1-2H3. The summed E-state index contributed by atoms with van der Waals surface area (Å²) in [5.41, 5.74) is 8.73. The Labute approximate surface area is 262 Å². The van der Waals surface area contributed by atoms with Crippen molar-refractivity contribution in [1.29, 1.82) is 0 Å². The van der Waals surface area contributed by atoms with Gasteiger partial charge in [0.25, 0.3) is 0 Å². The molecule has 0 aliphatic heterocycles. The number of benzene rings is 4. The normalized spacial score (nSPS) is 12.8. The zero-order chi connectivity index (χ0) is 30.7. The van der Waals surface area contributed by atoms with Crippen LogP contribution in [0.25, 0.3) is 22.3 Å². The lowest BCUT2D eigenvalue weighted by Gasteiger charge is -2.33. The van der Waals surface area contributed by atoms with Crippen LogP contribution in [0.1, 0.15) is 87.5 Å². The van der Waals surface area contributed by atoms with Gasteiger partial charge in [0.15, 0.2) is 0 Å². The summed E-state index contributed by atoms with van der Waals surface area (Å²) >= 11 is 0. The van der Waals surface area contributed by atoms with E-state index in [0.717, 1.165) is 82.1 Å². The third kappa shape index (κ3) is 7.55. The molecule has 44 heavy (non-hydrogen) atoms. The number of hydrogen-bond acceptors (Lipinski definition) is 4. The van der Waals surface area contributed by atoms with Crippen molar-refractivity contribution in [2.24, 2.45) is 0 Å². The van der Waals surface area contributed by atoms with Crippen LogP contribution < -0.4 is 9.47 Å². The van der Waals surface area contributed by atoms with Crippen LogP contribution >= 0.6 is 0 Å². The number of phenolic OH excluding ortho intramolecular Hbond substituents is 2. The molecule has 0 heterocycles. The molecule has 2 N–H and O–H groups in total. The van der Waals surface area contributed by atoms with E-state index in [-0.39, 0.29) is 11.5 Å². The second-order valence-electron chi connectivity index (χ2n) is 11.5. The second kappa shape index (κ2) is 15.3. The van der Waals surface area contributed by atoms with E-state index in [4.69, 9.17) is 9.47 Å². The van der Waals surface area contributed by atoms with Crippen LogP contribution in [0.2, 0.25) is 0 Å².